The van der Waals surface area contributed by atoms with Gasteiger partial charge in [-0.15, -0.1) is 0 Å². The van der Waals surface area contributed by atoms with Gasteiger partial charge in [0, 0.05) is 38.1 Å². The summed E-state index contributed by atoms with van der Waals surface area (Å²) in [7, 11) is 0. The van der Waals surface area contributed by atoms with Crippen LogP contribution in [-0.2, 0) is 0 Å². The van der Waals surface area contributed by atoms with Crippen LogP contribution in [0.2, 0.25) is 0 Å². The summed E-state index contributed by atoms with van der Waals surface area (Å²) in [5, 5.41) is 9.92. The zero-order valence-corrected chi connectivity index (χ0v) is 25.8. The van der Waals surface area contributed by atoms with E-state index in [4.69, 9.17) is 9.97 Å². The van der Waals surface area contributed by atoms with E-state index < -0.39 is 0 Å². The summed E-state index contributed by atoms with van der Waals surface area (Å²) in [4.78, 5) is 10.4. The van der Waals surface area contributed by atoms with Gasteiger partial charge in [-0.25, -0.2) is 9.97 Å². The molecule has 4 nitrogen and oxygen atoms in total. The Morgan fingerprint density at radius 1 is 0.438 bits per heavy atom. The van der Waals surface area contributed by atoms with Crippen LogP contribution in [-0.4, -0.2) is 18.9 Å². The second kappa shape index (κ2) is 9.50. The number of fused-ring (bicyclic) bond motifs is 12. The lowest BCUT2D eigenvalue weighted by atomic mass is 10.0. The molecule has 11 aromatic rings. The van der Waals surface area contributed by atoms with Crippen molar-refractivity contribution < 1.29 is 0 Å². The SMILES string of the molecule is c1ccc(-c2ncc(-n3c4c5ccccc5ccc4c4c3c3cc5ccccc5c5c6ccccc6n4c35)c(-c3ccccc3)n2)cc1. The third-order valence-electron chi connectivity index (χ3n) is 10.1. The fourth-order valence-electron chi connectivity index (χ4n) is 8.08. The molecule has 48 heavy (non-hydrogen) atoms. The molecule has 0 N–H and O–H groups in total. The maximum atomic E-state index is 5.33. The molecule has 0 saturated carbocycles. The summed E-state index contributed by atoms with van der Waals surface area (Å²) in [6.45, 7) is 0. The summed E-state index contributed by atoms with van der Waals surface area (Å²) in [5.41, 5.74) is 9.92. The summed E-state index contributed by atoms with van der Waals surface area (Å²) in [5.74, 6) is 0.710. The van der Waals surface area contributed by atoms with Gasteiger partial charge in [0.05, 0.1) is 45.2 Å². The van der Waals surface area contributed by atoms with Gasteiger partial charge in [0.1, 0.15) is 0 Å². The minimum Gasteiger partial charge on any atom is -0.306 e. The predicted octanol–water partition coefficient (Wildman–Crippen LogP) is 11.2. The number of para-hydroxylation sites is 1. The van der Waals surface area contributed by atoms with E-state index in [1.54, 1.807) is 0 Å². The molecule has 0 aliphatic heterocycles. The number of hydrogen-bond acceptors (Lipinski definition) is 2. The Morgan fingerprint density at radius 2 is 1.10 bits per heavy atom. The van der Waals surface area contributed by atoms with Crippen LogP contribution in [0.3, 0.4) is 0 Å². The van der Waals surface area contributed by atoms with Gasteiger partial charge in [0.15, 0.2) is 5.82 Å². The highest BCUT2D eigenvalue weighted by molar-refractivity contribution is 6.34. The van der Waals surface area contributed by atoms with Crippen molar-refractivity contribution in [2.24, 2.45) is 0 Å². The number of nitrogens with zero attached hydrogens (tertiary/aromatic N) is 4. The first-order valence-electron chi connectivity index (χ1n) is 16.4. The first-order valence-corrected chi connectivity index (χ1v) is 16.4. The van der Waals surface area contributed by atoms with E-state index in [-0.39, 0.29) is 0 Å². The molecule has 0 aliphatic carbocycles. The monoisotopic (exact) mass is 610 g/mol. The Kier molecular flexibility index (Phi) is 5.08. The zero-order valence-electron chi connectivity index (χ0n) is 25.8. The highest BCUT2D eigenvalue weighted by Gasteiger charge is 2.28. The number of hydrogen-bond donors (Lipinski definition) is 0. The molecule has 0 spiro atoms. The van der Waals surface area contributed by atoms with Crippen LogP contribution in [0.25, 0.3) is 99.0 Å². The number of rotatable bonds is 3. The lowest BCUT2D eigenvalue weighted by molar-refractivity contribution is 1.09. The molecule has 0 amide bonds. The quantitative estimate of drug-likeness (QED) is 0.199. The second-order valence-corrected chi connectivity index (χ2v) is 12.6. The van der Waals surface area contributed by atoms with Gasteiger partial charge in [-0.05, 0) is 28.3 Å². The van der Waals surface area contributed by atoms with Crippen LogP contribution >= 0.6 is 0 Å². The van der Waals surface area contributed by atoms with E-state index in [0.29, 0.717) is 5.82 Å². The molecule has 11 rings (SSSR count). The van der Waals surface area contributed by atoms with Crippen LogP contribution in [0.15, 0.2) is 158 Å². The fraction of sp³-hybridized carbons (Fsp3) is 0. The molecule has 0 unspecified atom stereocenters. The first kappa shape index (κ1) is 25.6. The van der Waals surface area contributed by atoms with E-state index in [2.05, 4.69) is 142 Å². The summed E-state index contributed by atoms with van der Waals surface area (Å²) < 4.78 is 4.96. The Labute approximate surface area is 275 Å². The molecule has 0 atom stereocenters. The molecule has 0 aliphatic rings. The highest BCUT2D eigenvalue weighted by Crippen LogP contribution is 2.48. The van der Waals surface area contributed by atoms with Crippen molar-refractivity contribution in [3.63, 3.8) is 0 Å². The van der Waals surface area contributed by atoms with Crippen molar-refractivity contribution in [2.45, 2.75) is 0 Å². The van der Waals surface area contributed by atoms with Crippen LogP contribution in [0.1, 0.15) is 0 Å². The van der Waals surface area contributed by atoms with E-state index in [9.17, 15) is 0 Å². The van der Waals surface area contributed by atoms with E-state index in [1.807, 2.05) is 24.4 Å². The van der Waals surface area contributed by atoms with Crippen LogP contribution in [0, 0.1) is 0 Å². The topological polar surface area (TPSA) is 35.1 Å². The number of aromatic nitrogens is 4. The molecule has 0 saturated heterocycles. The average molecular weight is 611 g/mol. The maximum absolute atomic E-state index is 5.33. The fourth-order valence-corrected chi connectivity index (χ4v) is 8.08. The molecular formula is C44H26N4. The van der Waals surface area contributed by atoms with Crippen molar-refractivity contribution in [3.05, 3.63) is 158 Å². The zero-order chi connectivity index (χ0) is 31.3. The lowest BCUT2D eigenvalue weighted by Crippen LogP contribution is -2.03. The van der Waals surface area contributed by atoms with Crippen LogP contribution < -0.4 is 0 Å². The smallest absolute Gasteiger partial charge is 0.159 e. The number of benzene rings is 7. The third-order valence-corrected chi connectivity index (χ3v) is 10.1. The van der Waals surface area contributed by atoms with Gasteiger partial charge < -0.3 is 8.97 Å². The van der Waals surface area contributed by atoms with Crippen molar-refractivity contribution >= 4 is 70.7 Å². The normalized spacial score (nSPS) is 12.2. The maximum Gasteiger partial charge on any atom is 0.159 e. The standard InChI is InChI=1S/C44H26N4/c1-3-14-28(15-4-1)39-37(26-45-44(46-39)29-16-5-2-6-17-29)48-40-32-20-10-7-13-27(32)23-24-34(40)42-43(48)35-25-30-18-8-9-19-31(30)38-33-21-11-12-22-36(33)47(42)41(35)38/h1-26H. The van der Waals surface area contributed by atoms with Crippen molar-refractivity contribution in [3.8, 4) is 28.3 Å². The Hall–Kier alpha value is -6.52. The molecule has 0 bridgehead atoms. The lowest BCUT2D eigenvalue weighted by Gasteiger charge is -2.15. The molecular weight excluding hydrogens is 585 g/mol. The Morgan fingerprint density at radius 3 is 1.92 bits per heavy atom. The molecule has 222 valence electrons. The second-order valence-electron chi connectivity index (χ2n) is 12.6. The summed E-state index contributed by atoms with van der Waals surface area (Å²) in [6, 6.07) is 54.1. The predicted molar refractivity (Wildman–Crippen MR) is 199 cm³/mol. The molecule has 7 aromatic carbocycles. The molecule has 4 heterocycles. The first-order chi connectivity index (χ1) is 23.8. The van der Waals surface area contributed by atoms with Gasteiger partial charge in [-0.2, -0.15) is 0 Å². The Bertz CT molecular complexity index is 3040. The molecule has 0 radical (unpaired) electrons. The minimum atomic E-state index is 0.710. The van der Waals surface area contributed by atoms with Crippen LogP contribution in [0.5, 0.6) is 0 Å². The molecule has 4 heteroatoms. The van der Waals surface area contributed by atoms with Gasteiger partial charge >= 0.3 is 0 Å². The van der Waals surface area contributed by atoms with E-state index in [1.165, 1.54) is 65.2 Å². The average Bonchev–Trinajstić information content (AvgIpc) is 3.80. The minimum absolute atomic E-state index is 0.710. The van der Waals surface area contributed by atoms with Crippen molar-refractivity contribution in [1.82, 2.24) is 18.9 Å². The van der Waals surface area contributed by atoms with Crippen molar-refractivity contribution in [1.29, 1.82) is 0 Å². The summed E-state index contributed by atoms with van der Waals surface area (Å²) in [6.07, 6.45) is 2.03. The van der Waals surface area contributed by atoms with Gasteiger partial charge in [0.25, 0.3) is 0 Å². The van der Waals surface area contributed by atoms with Gasteiger partial charge in [-0.1, -0.05) is 140 Å². The molecule has 4 aromatic heterocycles. The van der Waals surface area contributed by atoms with E-state index >= 15 is 0 Å². The summed E-state index contributed by atoms with van der Waals surface area (Å²) >= 11 is 0. The van der Waals surface area contributed by atoms with Gasteiger partial charge in [-0.3, -0.25) is 0 Å². The van der Waals surface area contributed by atoms with Crippen molar-refractivity contribution in [2.75, 3.05) is 0 Å². The highest BCUT2D eigenvalue weighted by atomic mass is 15.1. The molecule has 0 fully saturated rings. The Balaban J connectivity index is 1.41. The van der Waals surface area contributed by atoms with Gasteiger partial charge in [0.2, 0.25) is 0 Å². The van der Waals surface area contributed by atoms with E-state index in [0.717, 1.165) is 28.0 Å². The largest absolute Gasteiger partial charge is 0.306 e. The third kappa shape index (κ3) is 3.33. The van der Waals surface area contributed by atoms with Crippen LogP contribution in [0.4, 0.5) is 0 Å².